The van der Waals surface area contributed by atoms with Crippen molar-refractivity contribution in [3.05, 3.63) is 29.6 Å². The largest absolute Gasteiger partial charge is 0.496 e. The van der Waals surface area contributed by atoms with Gasteiger partial charge in [-0.05, 0) is 51.7 Å². The van der Waals surface area contributed by atoms with E-state index in [-0.39, 0.29) is 17.4 Å². The first-order valence-corrected chi connectivity index (χ1v) is 7.74. The second kappa shape index (κ2) is 7.76. The number of methoxy groups -OCH3 is 1. The van der Waals surface area contributed by atoms with Crippen LogP contribution in [0.15, 0.2) is 18.2 Å². The number of ether oxygens (including phenoxy) is 1. The van der Waals surface area contributed by atoms with Crippen LogP contribution < -0.4 is 10.1 Å². The minimum Gasteiger partial charge on any atom is -0.496 e. The molecular weight excluding hydrogens is 267 g/mol. The lowest BCUT2D eigenvalue weighted by Gasteiger charge is -2.44. The Bertz CT molecular complexity index is 444. The summed E-state index contributed by atoms with van der Waals surface area (Å²) in [5.74, 6) is 0.492. The van der Waals surface area contributed by atoms with Crippen molar-refractivity contribution in [3.8, 4) is 5.75 Å². The summed E-state index contributed by atoms with van der Waals surface area (Å²) in [7, 11) is 1.63. The molecule has 0 spiro atoms. The third-order valence-corrected chi connectivity index (χ3v) is 4.20. The molecule has 1 rings (SSSR count). The fraction of sp³-hybridized carbons (Fsp3) is 0.647. The topological polar surface area (TPSA) is 24.5 Å². The van der Waals surface area contributed by atoms with Gasteiger partial charge in [-0.1, -0.05) is 20.8 Å². The molecule has 0 heterocycles. The van der Waals surface area contributed by atoms with Crippen molar-refractivity contribution in [1.29, 1.82) is 0 Å². The quantitative estimate of drug-likeness (QED) is 0.793. The smallest absolute Gasteiger partial charge is 0.123 e. The Hall–Kier alpha value is -1.13. The first-order chi connectivity index (χ1) is 9.92. The van der Waals surface area contributed by atoms with E-state index < -0.39 is 0 Å². The van der Waals surface area contributed by atoms with E-state index in [1.807, 2.05) is 0 Å². The lowest BCUT2D eigenvalue weighted by molar-refractivity contribution is 0.0906. The van der Waals surface area contributed by atoms with Gasteiger partial charge in [-0.15, -0.1) is 0 Å². The third kappa shape index (κ3) is 3.95. The Morgan fingerprint density at radius 1 is 1.24 bits per heavy atom. The Morgan fingerprint density at radius 3 is 2.33 bits per heavy atom. The first kappa shape index (κ1) is 17.9. The molecule has 21 heavy (non-hydrogen) atoms. The van der Waals surface area contributed by atoms with Crippen LogP contribution in [0.1, 0.15) is 46.2 Å². The highest BCUT2D eigenvalue weighted by Crippen LogP contribution is 2.36. The van der Waals surface area contributed by atoms with Gasteiger partial charge in [-0.2, -0.15) is 0 Å². The minimum atomic E-state index is -0.232. The monoisotopic (exact) mass is 296 g/mol. The average Bonchev–Trinajstić information content (AvgIpc) is 2.45. The summed E-state index contributed by atoms with van der Waals surface area (Å²) in [5, 5.41) is 3.50. The van der Waals surface area contributed by atoms with Crippen molar-refractivity contribution < 1.29 is 9.13 Å². The Morgan fingerprint density at radius 2 is 1.86 bits per heavy atom. The molecular formula is C17H29FN2O. The van der Waals surface area contributed by atoms with Crippen LogP contribution in [0.2, 0.25) is 0 Å². The molecule has 1 aromatic rings. The van der Waals surface area contributed by atoms with Crippen LogP contribution in [0.5, 0.6) is 5.75 Å². The molecule has 1 N–H and O–H groups in total. The molecule has 0 radical (unpaired) electrons. The summed E-state index contributed by atoms with van der Waals surface area (Å²) in [6.45, 7) is 13.5. The molecule has 120 valence electrons. The van der Waals surface area contributed by atoms with Gasteiger partial charge in [0.2, 0.25) is 0 Å². The normalized spacial score (nSPS) is 13.5. The second-order valence-corrected chi connectivity index (χ2v) is 5.70. The molecule has 0 saturated carbocycles. The molecule has 0 aliphatic rings. The van der Waals surface area contributed by atoms with Crippen molar-refractivity contribution in [2.45, 2.75) is 46.2 Å². The summed E-state index contributed by atoms with van der Waals surface area (Å²) < 4.78 is 19.2. The lowest BCUT2D eigenvalue weighted by Crippen LogP contribution is -2.52. The fourth-order valence-electron chi connectivity index (χ4n) is 3.10. The maximum Gasteiger partial charge on any atom is 0.123 e. The molecule has 1 aromatic carbocycles. The third-order valence-electron chi connectivity index (χ3n) is 4.20. The van der Waals surface area contributed by atoms with E-state index in [2.05, 4.69) is 44.8 Å². The zero-order valence-corrected chi connectivity index (χ0v) is 14.2. The average molecular weight is 296 g/mol. The number of benzene rings is 1. The maximum atomic E-state index is 13.7. The number of rotatable bonds is 8. The Kier molecular flexibility index (Phi) is 6.62. The zero-order chi connectivity index (χ0) is 16.0. The maximum absolute atomic E-state index is 13.7. The predicted molar refractivity (Wildman–Crippen MR) is 86.4 cm³/mol. The number of hydrogen-bond donors (Lipinski definition) is 1. The number of nitrogens with one attached hydrogen (secondary N) is 1. The molecule has 0 aromatic heterocycles. The number of hydrogen-bond acceptors (Lipinski definition) is 3. The van der Waals surface area contributed by atoms with E-state index in [0.717, 1.165) is 30.9 Å². The Balaban J connectivity index is 3.32. The summed E-state index contributed by atoms with van der Waals surface area (Å²) in [6, 6.07) is 4.72. The highest BCUT2D eigenvalue weighted by atomic mass is 19.1. The van der Waals surface area contributed by atoms with Gasteiger partial charge in [0.25, 0.3) is 0 Å². The fourth-order valence-corrected chi connectivity index (χ4v) is 3.10. The lowest BCUT2D eigenvalue weighted by atomic mass is 9.86. The van der Waals surface area contributed by atoms with Crippen LogP contribution in [0.25, 0.3) is 0 Å². The van der Waals surface area contributed by atoms with Crippen molar-refractivity contribution in [3.63, 3.8) is 0 Å². The van der Waals surface area contributed by atoms with Gasteiger partial charge in [0.05, 0.1) is 13.2 Å². The molecule has 4 heteroatoms. The van der Waals surface area contributed by atoms with Gasteiger partial charge in [-0.3, -0.25) is 4.90 Å². The molecule has 0 fully saturated rings. The Labute approximate surface area is 128 Å². The van der Waals surface area contributed by atoms with Crippen LogP contribution in [-0.4, -0.2) is 37.2 Å². The van der Waals surface area contributed by atoms with Crippen molar-refractivity contribution in [2.75, 3.05) is 26.7 Å². The molecule has 0 bridgehead atoms. The number of halogens is 1. The number of likely N-dealkylation sites (N-methyl/N-ethyl adjacent to an activating group) is 2. The second-order valence-electron chi connectivity index (χ2n) is 5.70. The molecule has 0 saturated heterocycles. The van der Waals surface area contributed by atoms with Crippen LogP contribution in [0.4, 0.5) is 4.39 Å². The highest BCUT2D eigenvalue weighted by Gasteiger charge is 2.36. The van der Waals surface area contributed by atoms with E-state index >= 15 is 0 Å². The zero-order valence-electron chi connectivity index (χ0n) is 14.2. The van der Waals surface area contributed by atoms with Crippen molar-refractivity contribution >= 4 is 0 Å². The van der Waals surface area contributed by atoms with Crippen LogP contribution in [0.3, 0.4) is 0 Å². The van der Waals surface area contributed by atoms with Crippen LogP contribution in [-0.2, 0) is 0 Å². The summed E-state index contributed by atoms with van der Waals surface area (Å²) in [6.07, 6.45) is 0. The van der Waals surface area contributed by atoms with E-state index in [0.29, 0.717) is 0 Å². The minimum absolute atomic E-state index is 0.00644. The standard InChI is InChI=1S/C17H29FN2O/c1-7-19-16(17(4,5)20(8-2)9-3)14-12-13(18)10-11-15(14)21-6/h10-12,16,19H,7-9H2,1-6H3. The van der Waals surface area contributed by atoms with Gasteiger partial charge >= 0.3 is 0 Å². The molecule has 1 unspecified atom stereocenters. The molecule has 0 amide bonds. The van der Waals surface area contributed by atoms with Gasteiger partial charge in [0.1, 0.15) is 11.6 Å². The number of nitrogens with zero attached hydrogens (tertiary/aromatic N) is 1. The van der Waals surface area contributed by atoms with Gasteiger partial charge in [0.15, 0.2) is 0 Å². The molecule has 0 aliphatic heterocycles. The van der Waals surface area contributed by atoms with Gasteiger partial charge in [0, 0.05) is 11.1 Å². The molecule has 3 nitrogen and oxygen atoms in total. The van der Waals surface area contributed by atoms with Gasteiger partial charge in [-0.25, -0.2) is 4.39 Å². The van der Waals surface area contributed by atoms with E-state index in [9.17, 15) is 4.39 Å². The summed E-state index contributed by atoms with van der Waals surface area (Å²) >= 11 is 0. The highest BCUT2D eigenvalue weighted by molar-refractivity contribution is 5.38. The summed E-state index contributed by atoms with van der Waals surface area (Å²) in [5.41, 5.74) is 0.719. The van der Waals surface area contributed by atoms with E-state index in [1.165, 1.54) is 6.07 Å². The van der Waals surface area contributed by atoms with Crippen LogP contribution >= 0.6 is 0 Å². The van der Waals surface area contributed by atoms with Crippen LogP contribution in [0, 0.1) is 5.82 Å². The SMILES string of the molecule is CCNC(c1cc(F)ccc1OC)C(C)(C)N(CC)CC. The predicted octanol–water partition coefficient (Wildman–Crippen LogP) is 3.61. The molecule has 0 aliphatic carbocycles. The van der Waals surface area contributed by atoms with Crippen molar-refractivity contribution in [1.82, 2.24) is 10.2 Å². The van der Waals surface area contributed by atoms with Crippen molar-refractivity contribution in [2.24, 2.45) is 0 Å². The van der Waals surface area contributed by atoms with E-state index in [4.69, 9.17) is 4.74 Å². The summed E-state index contributed by atoms with van der Waals surface area (Å²) in [4.78, 5) is 2.38. The first-order valence-electron chi connectivity index (χ1n) is 7.74. The van der Waals surface area contributed by atoms with Gasteiger partial charge < -0.3 is 10.1 Å². The van der Waals surface area contributed by atoms with E-state index in [1.54, 1.807) is 19.2 Å². The molecule has 1 atom stereocenters.